The molecule has 13 heteroatoms. The average Bonchev–Trinajstić information content (AvgIpc) is 3.28. The molecule has 2 aromatic carbocycles. The first-order valence-corrected chi connectivity index (χ1v) is 15.1. The number of hydroxylamine groups is 1. The summed E-state index contributed by atoms with van der Waals surface area (Å²) in [5.41, 5.74) is 8.17. The van der Waals surface area contributed by atoms with Crippen molar-refractivity contribution in [3.63, 3.8) is 0 Å². The lowest BCUT2D eigenvalue weighted by molar-refractivity contribution is -0.231. The number of nitrogens with two attached hydrogens (primary N) is 1. The summed E-state index contributed by atoms with van der Waals surface area (Å²) in [6.45, 7) is 10.3. The van der Waals surface area contributed by atoms with E-state index in [1.165, 1.54) is 0 Å². The summed E-state index contributed by atoms with van der Waals surface area (Å²) in [5, 5.41) is 21.6. The molecular weight excluding hydrogens is 582 g/mol. The summed E-state index contributed by atoms with van der Waals surface area (Å²) in [4.78, 5) is 46.6. The van der Waals surface area contributed by atoms with Crippen molar-refractivity contribution >= 4 is 18.2 Å². The van der Waals surface area contributed by atoms with Gasteiger partial charge in [0.2, 0.25) is 0 Å². The first-order chi connectivity index (χ1) is 21.0. The second kappa shape index (κ2) is 14.8. The van der Waals surface area contributed by atoms with Crippen LogP contribution in [0.5, 0.6) is 5.75 Å². The van der Waals surface area contributed by atoms with Crippen molar-refractivity contribution in [3.8, 4) is 16.9 Å². The van der Waals surface area contributed by atoms with E-state index in [0.29, 0.717) is 43.9 Å². The SMILES string of the molecule is CCCCN(C(=O)ONC(=O)OC(C)(C)C)C(N)(Cc1ccc(-c2ccc(OCCN3CCN(C)C3=O)cc2)cc1)C(C)(O)O. The molecular formula is C32H47N5O8. The number of benzene rings is 2. The Hall–Kier alpha value is -4.07. The van der Waals surface area contributed by atoms with Crippen molar-refractivity contribution in [2.75, 3.05) is 39.8 Å². The van der Waals surface area contributed by atoms with Crippen molar-refractivity contribution in [2.45, 2.75) is 70.9 Å². The number of likely N-dealkylation sites (N-methyl/N-ethyl adjacent to an activating group) is 1. The molecule has 0 aliphatic carbocycles. The molecule has 0 bridgehead atoms. The standard InChI is InChI=1S/C32H47N5O8/c1-7-8-17-37(29(40)45-34-27(38)44-30(2,3)4)32(33,31(5,41)42)22-23-9-11-24(12-10-23)25-13-15-26(16-14-25)43-21-20-36-19-18-35(6)28(36)39/h9-16,41-42H,7-8,17-22,33H2,1-6H3,(H,34,38). The molecule has 4 amide bonds. The van der Waals surface area contributed by atoms with Gasteiger partial charge in [-0.1, -0.05) is 49.7 Å². The molecule has 1 aliphatic heterocycles. The molecule has 13 nitrogen and oxygen atoms in total. The molecule has 1 heterocycles. The lowest BCUT2D eigenvalue weighted by atomic mass is 9.90. The van der Waals surface area contributed by atoms with Gasteiger partial charge in [0.1, 0.15) is 18.0 Å². The number of nitrogens with one attached hydrogen (secondary N) is 1. The van der Waals surface area contributed by atoms with E-state index in [1.54, 1.807) is 49.8 Å². The van der Waals surface area contributed by atoms with Gasteiger partial charge in [-0.15, -0.1) is 5.48 Å². The predicted molar refractivity (Wildman–Crippen MR) is 168 cm³/mol. The number of hydrogen-bond acceptors (Lipinski definition) is 9. The Morgan fingerprint density at radius 3 is 2.11 bits per heavy atom. The van der Waals surface area contributed by atoms with Gasteiger partial charge in [-0.3, -0.25) is 4.90 Å². The van der Waals surface area contributed by atoms with Crippen molar-refractivity contribution < 1.29 is 38.9 Å². The van der Waals surface area contributed by atoms with E-state index in [9.17, 15) is 24.6 Å². The minimum absolute atomic E-state index is 0.00989. The van der Waals surface area contributed by atoms with Crippen LogP contribution in [0.1, 0.15) is 53.0 Å². The topological polar surface area (TPSA) is 167 Å². The van der Waals surface area contributed by atoms with Gasteiger partial charge < -0.3 is 40.1 Å². The zero-order valence-corrected chi connectivity index (χ0v) is 27.0. The normalized spacial score (nSPS) is 15.0. The number of amides is 4. The lowest BCUT2D eigenvalue weighted by Gasteiger charge is -2.46. The average molecular weight is 630 g/mol. The Balaban J connectivity index is 1.69. The molecule has 0 radical (unpaired) electrons. The highest BCUT2D eigenvalue weighted by Gasteiger charge is 2.50. The molecule has 1 saturated heterocycles. The van der Waals surface area contributed by atoms with Crippen LogP contribution in [0.25, 0.3) is 11.1 Å². The molecule has 0 aromatic heterocycles. The third-order valence-corrected chi connectivity index (χ3v) is 7.43. The Labute approximate surface area is 264 Å². The summed E-state index contributed by atoms with van der Waals surface area (Å²) in [5.74, 6) is -1.85. The van der Waals surface area contributed by atoms with Gasteiger partial charge in [0, 0.05) is 33.1 Å². The second-order valence-electron chi connectivity index (χ2n) is 12.4. The molecule has 248 valence electrons. The maximum Gasteiger partial charge on any atom is 0.441 e. The quantitative estimate of drug-likeness (QED) is 0.202. The molecule has 1 unspecified atom stereocenters. The second-order valence-corrected chi connectivity index (χ2v) is 12.4. The smallest absolute Gasteiger partial charge is 0.441 e. The molecule has 1 atom stereocenters. The van der Waals surface area contributed by atoms with Crippen LogP contribution in [0, 0.1) is 0 Å². The highest BCUT2D eigenvalue weighted by molar-refractivity contribution is 5.76. The molecule has 2 aromatic rings. The third-order valence-electron chi connectivity index (χ3n) is 7.43. The molecule has 3 rings (SSSR count). The van der Waals surface area contributed by atoms with E-state index >= 15 is 0 Å². The van der Waals surface area contributed by atoms with Gasteiger partial charge in [0.05, 0.1) is 6.54 Å². The largest absolute Gasteiger partial charge is 0.492 e. The van der Waals surface area contributed by atoms with Gasteiger partial charge in [0.25, 0.3) is 0 Å². The van der Waals surface area contributed by atoms with Crippen LogP contribution in [0.15, 0.2) is 48.5 Å². The van der Waals surface area contributed by atoms with Crippen LogP contribution in [0.4, 0.5) is 14.4 Å². The summed E-state index contributed by atoms with van der Waals surface area (Å²) in [6, 6.07) is 14.9. The number of nitrogens with zero attached hydrogens (tertiary/aromatic N) is 3. The van der Waals surface area contributed by atoms with E-state index < -0.39 is 29.2 Å². The Morgan fingerprint density at radius 1 is 1.00 bits per heavy atom. The number of unbranched alkanes of at least 4 members (excludes halogenated alkanes) is 1. The first-order valence-electron chi connectivity index (χ1n) is 15.1. The number of aliphatic hydroxyl groups is 2. The van der Waals surface area contributed by atoms with Gasteiger partial charge in [-0.2, -0.15) is 0 Å². The molecule has 5 N–H and O–H groups in total. The van der Waals surface area contributed by atoms with Crippen LogP contribution < -0.4 is 16.0 Å². The van der Waals surface area contributed by atoms with Crippen LogP contribution >= 0.6 is 0 Å². The Morgan fingerprint density at radius 2 is 1.60 bits per heavy atom. The van der Waals surface area contributed by atoms with E-state index in [-0.39, 0.29) is 19.0 Å². The van der Waals surface area contributed by atoms with Gasteiger partial charge in [-0.05, 0) is 62.9 Å². The molecule has 0 spiro atoms. The summed E-state index contributed by atoms with van der Waals surface area (Å²) in [6.07, 6.45) is -1.01. The van der Waals surface area contributed by atoms with Crippen molar-refractivity contribution in [1.82, 2.24) is 20.2 Å². The lowest BCUT2D eigenvalue weighted by Crippen LogP contribution is -2.72. The minimum atomic E-state index is -2.54. The number of ether oxygens (including phenoxy) is 2. The van der Waals surface area contributed by atoms with Gasteiger partial charge in [0.15, 0.2) is 11.4 Å². The Bertz CT molecular complexity index is 1290. The van der Waals surface area contributed by atoms with Gasteiger partial charge in [-0.25, -0.2) is 14.4 Å². The predicted octanol–water partition coefficient (Wildman–Crippen LogP) is 3.68. The molecule has 1 aliphatic rings. The maximum atomic E-state index is 13.1. The fourth-order valence-electron chi connectivity index (χ4n) is 4.78. The number of rotatable bonds is 12. The van der Waals surface area contributed by atoms with Gasteiger partial charge >= 0.3 is 18.2 Å². The van der Waals surface area contributed by atoms with Crippen molar-refractivity contribution in [2.24, 2.45) is 5.73 Å². The van der Waals surface area contributed by atoms with Crippen molar-refractivity contribution in [1.29, 1.82) is 0 Å². The van der Waals surface area contributed by atoms with Crippen LogP contribution in [0.2, 0.25) is 0 Å². The fourth-order valence-corrected chi connectivity index (χ4v) is 4.78. The third kappa shape index (κ3) is 9.71. The van der Waals surface area contributed by atoms with E-state index in [2.05, 4.69) is 0 Å². The summed E-state index contributed by atoms with van der Waals surface area (Å²) in [7, 11) is 1.78. The Kier molecular flexibility index (Phi) is 11.7. The van der Waals surface area contributed by atoms with Crippen LogP contribution in [0.3, 0.4) is 0 Å². The highest BCUT2D eigenvalue weighted by atomic mass is 16.7. The van der Waals surface area contributed by atoms with Crippen LogP contribution in [-0.2, 0) is 16.0 Å². The number of carbonyl (C=O) groups excluding carboxylic acids is 3. The zero-order valence-electron chi connectivity index (χ0n) is 27.0. The highest BCUT2D eigenvalue weighted by Crippen LogP contribution is 2.29. The minimum Gasteiger partial charge on any atom is -0.492 e. The number of urea groups is 1. The number of carbonyl (C=O) groups is 3. The number of hydrogen-bond donors (Lipinski definition) is 4. The van der Waals surface area contributed by atoms with E-state index in [0.717, 1.165) is 29.5 Å². The summed E-state index contributed by atoms with van der Waals surface area (Å²) >= 11 is 0. The maximum absolute atomic E-state index is 13.1. The van der Waals surface area contributed by atoms with Crippen LogP contribution in [-0.4, -0.2) is 100 Å². The van der Waals surface area contributed by atoms with Crippen molar-refractivity contribution in [3.05, 3.63) is 54.1 Å². The molecule has 45 heavy (non-hydrogen) atoms. The molecule has 1 fully saturated rings. The monoisotopic (exact) mass is 629 g/mol. The summed E-state index contributed by atoms with van der Waals surface area (Å²) < 4.78 is 10.9. The zero-order chi connectivity index (χ0) is 33.4. The molecule has 0 saturated carbocycles. The van der Waals surface area contributed by atoms with E-state index in [1.807, 2.05) is 48.8 Å². The first kappa shape index (κ1) is 35.4. The van der Waals surface area contributed by atoms with E-state index in [4.69, 9.17) is 20.0 Å². The fraction of sp³-hybridized carbons (Fsp3) is 0.531.